The van der Waals surface area contributed by atoms with Crippen molar-refractivity contribution in [1.82, 2.24) is 9.55 Å². The summed E-state index contributed by atoms with van der Waals surface area (Å²) in [7, 11) is 0. The third kappa shape index (κ3) is 1.32. The molecule has 1 aromatic heterocycles. The average Bonchev–Trinajstić information content (AvgIpc) is 2.99. The van der Waals surface area contributed by atoms with Crippen LogP contribution >= 0.6 is 11.8 Å². The summed E-state index contributed by atoms with van der Waals surface area (Å²) >= 11 is 1.86. The zero-order chi connectivity index (χ0) is 9.54. The Morgan fingerprint density at radius 1 is 1.36 bits per heavy atom. The molecule has 1 aliphatic heterocycles. The number of imidazole rings is 1. The van der Waals surface area contributed by atoms with Crippen molar-refractivity contribution in [3.63, 3.8) is 0 Å². The van der Waals surface area contributed by atoms with Crippen LogP contribution in [0.3, 0.4) is 0 Å². The van der Waals surface area contributed by atoms with Gasteiger partial charge < -0.3 is 10.3 Å². The highest BCUT2D eigenvalue weighted by Crippen LogP contribution is 2.43. The summed E-state index contributed by atoms with van der Waals surface area (Å²) in [6.07, 6.45) is 5.09. The Kier molecular flexibility index (Phi) is 1.97. The van der Waals surface area contributed by atoms with E-state index in [9.17, 15) is 0 Å². The third-order valence-electron chi connectivity index (χ3n) is 2.97. The number of nitrogen functional groups attached to an aromatic ring is 1. The molecule has 0 spiro atoms. The standard InChI is InChI=1S/C10H15N3S/c11-9-8(7-3-4-7)12-10-13(9)5-1-2-6-14-10/h7H,1-6,11H2. The smallest absolute Gasteiger partial charge is 0.169 e. The van der Waals surface area contributed by atoms with Gasteiger partial charge in [-0.3, -0.25) is 0 Å². The number of thioether (sulfide) groups is 1. The fourth-order valence-corrected chi connectivity index (χ4v) is 3.02. The fraction of sp³-hybridized carbons (Fsp3) is 0.700. The quantitative estimate of drug-likeness (QED) is 0.771. The van der Waals surface area contributed by atoms with Crippen LogP contribution in [0.1, 0.15) is 37.3 Å². The summed E-state index contributed by atoms with van der Waals surface area (Å²) in [6, 6.07) is 0. The predicted molar refractivity (Wildman–Crippen MR) is 58.6 cm³/mol. The largest absolute Gasteiger partial charge is 0.384 e. The SMILES string of the molecule is Nc1c(C2CC2)nc2n1CCCCS2. The van der Waals surface area contributed by atoms with Crippen molar-refractivity contribution < 1.29 is 0 Å². The summed E-state index contributed by atoms with van der Waals surface area (Å²) in [5.74, 6) is 2.81. The van der Waals surface area contributed by atoms with Gasteiger partial charge in [0.25, 0.3) is 0 Å². The summed E-state index contributed by atoms with van der Waals surface area (Å²) in [4.78, 5) is 4.67. The van der Waals surface area contributed by atoms with Crippen LogP contribution in [0, 0.1) is 0 Å². The van der Waals surface area contributed by atoms with Gasteiger partial charge >= 0.3 is 0 Å². The molecule has 2 N–H and O–H groups in total. The second-order valence-electron chi connectivity index (χ2n) is 4.15. The van der Waals surface area contributed by atoms with Gasteiger partial charge in [0, 0.05) is 18.2 Å². The number of anilines is 1. The molecular formula is C10H15N3S. The van der Waals surface area contributed by atoms with Gasteiger partial charge in [-0.1, -0.05) is 11.8 Å². The van der Waals surface area contributed by atoms with Crippen molar-refractivity contribution in [3.05, 3.63) is 5.69 Å². The molecule has 2 heterocycles. The lowest BCUT2D eigenvalue weighted by molar-refractivity contribution is 0.609. The molecule has 2 aliphatic rings. The molecule has 3 rings (SSSR count). The molecule has 0 saturated heterocycles. The molecule has 0 unspecified atom stereocenters. The number of hydrogen-bond donors (Lipinski definition) is 1. The first-order chi connectivity index (χ1) is 6.86. The number of aromatic nitrogens is 2. The van der Waals surface area contributed by atoms with Crippen LogP contribution in [0.15, 0.2) is 5.16 Å². The van der Waals surface area contributed by atoms with Crippen molar-refractivity contribution in [2.24, 2.45) is 0 Å². The van der Waals surface area contributed by atoms with Crippen molar-refractivity contribution in [3.8, 4) is 0 Å². The van der Waals surface area contributed by atoms with E-state index in [4.69, 9.17) is 5.73 Å². The van der Waals surface area contributed by atoms with E-state index >= 15 is 0 Å². The van der Waals surface area contributed by atoms with Crippen molar-refractivity contribution in [1.29, 1.82) is 0 Å². The van der Waals surface area contributed by atoms with Crippen LogP contribution in [-0.4, -0.2) is 15.3 Å². The summed E-state index contributed by atoms with van der Waals surface area (Å²) in [5.41, 5.74) is 7.30. The maximum atomic E-state index is 6.12. The molecule has 1 aliphatic carbocycles. The zero-order valence-corrected chi connectivity index (χ0v) is 9.02. The first kappa shape index (κ1) is 8.65. The fourth-order valence-electron chi connectivity index (χ4n) is 1.98. The van der Waals surface area contributed by atoms with Crippen LogP contribution in [0.5, 0.6) is 0 Å². The molecule has 1 fully saturated rings. The first-order valence-corrected chi connectivity index (χ1v) is 6.33. The van der Waals surface area contributed by atoms with Crippen LogP contribution < -0.4 is 5.73 Å². The van der Waals surface area contributed by atoms with E-state index in [1.54, 1.807) is 0 Å². The third-order valence-corrected chi connectivity index (χ3v) is 4.03. The summed E-state index contributed by atoms with van der Waals surface area (Å²) in [6.45, 7) is 1.06. The molecule has 4 heteroatoms. The molecule has 1 saturated carbocycles. The van der Waals surface area contributed by atoms with Crippen molar-refractivity contribution in [2.75, 3.05) is 11.5 Å². The van der Waals surface area contributed by atoms with Gasteiger partial charge in [0.2, 0.25) is 0 Å². The van der Waals surface area contributed by atoms with Crippen LogP contribution in [0.25, 0.3) is 0 Å². The van der Waals surface area contributed by atoms with Crippen LogP contribution in [0.4, 0.5) is 5.82 Å². The van der Waals surface area contributed by atoms with E-state index in [1.807, 2.05) is 11.8 Å². The second kappa shape index (κ2) is 3.19. The Bertz CT molecular complexity index is 354. The van der Waals surface area contributed by atoms with E-state index in [1.165, 1.54) is 37.1 Å². The first-order valence-electron chi connectivity index (χ1n) is 5.35. The van der Waals surface area contributed by atoms with E-state index in [2.05, 4.69) is 9.55 Å². The van der Waals surface area contributed by atoms with E-state index in [0.717, 1.165) is 17.5 Å². The molecule has 0 radical (unpaired) electrons. The molecule has 76 valence electrons. The molecule has 0 atom stereocenters. The highest BCUT2D eigenvalue weighted by Gasteiger charge is 2.30. The van der Waals surface area contributed by atoms with E-state index in [0.29, 0.717) is 5.92 Å². The maximum Gasteiger partial charge on any atom is 0.169 e. The number of hydrogen-bond acceptors (Lipinski definition) is 3. The van der Waals surface area contributed by atoms with Gasteiger partial charge in [-0.2, -0.15) is 0 Å². The van der Waals surface area contributed by atoms with Crippen molar-refractivity contribution >= 4 is 17.6 Å². The molecule has 1 aromatic rings. The second-order valence-corrected chi connectivity index (χ2v) is 5.21. The predicted octanol–water partition coefficient (Wildman–Crippen LogP) is 2.23. The van der Waals surface area contributed by atoms with E-state index < -0.39 is 0 Å². The lowest BCUT2D eigenvalue weighted by Gasteiger charge is -2.03. The number of nitrogens with two attached hydrogens (primary N) is 1. The maximum absolute atomic E-state index is 6.12. The van der Waals surface area contributed by atoms with Gasteiger partial charge in [-0.15, -0.1) is 0 Å². The molecular weight excluding hydrogens is 194 g/mol. The Morgan fingerprint density at radius 3 is 3.00 bits per heavy atom. The highest BCUT2D eigenvalue weighted by molar-refractivity contribution is 7.99. The monoisotopic (exact) mass is 209 g/mol. The Balaban J connectivity index is 2.01. The van der Waals surface area contributed by atoms with Gasteiger partial charge in [-0.25, -0.2) is 4.98 Å². The highest BCUT2D eigenvalue weighted by atomic mass is 32.2. The normalized spacial score (nSPS) is 21.7. The number of nitrogens with zero attached hydrogens (tertiary/aromatic N) is 2. The minimum absolute atomic E-state index is 0.676. The van der Waals surface area contributed by atoms with Gasteiger partial charge in [0.15, 0.2) is 5.16 Å². The molecule has 0 bridgehead atoms. The van der Waals surface area contributed by atoms with Crippen molar-refractivity contribution in [2.45, 2.75) is 43.3 Å². The summed E-state index contributed by atoms with van der Waals surface area (Å²) in [5, 5.41) is 1.15. The minimum atomic E-state index is 0.676. The number of fused-ring (bicyclic) bond motifs is 1. The zero-order valence-electron chi connectivity index (χ0n) is 8.20. The number of rotatable bonds is 1. The van der Waals surface area contributed by atoms with Gasteiger partial charge in [-0.05, 0) is 25.7 Å². The van der Waals surface area contributed by atoms with E-state index in [-0.39, 0.29) is 0 Å². The molecule has 0 amide bonds. The Morgan fingerprint density at radius 2 is 2.21 bits per heavy atom. The molecule has 14 heavy (non-hydrogen) atoms. The summed E-state index contributed by atoms with van der Waals surface area (Å²) < 4.78 is 2.21. The van der Waals surface area contributed by atoms with Crippen LogP contribution in [0.2, 0.25) is 0 Å². The Labute approximate surface area is 88.1 Å². The van der Waals surface area contributed by atoms with Gasteiger partial charge in [0.05, 0.1) is 5.69 Å². The van der Waals surface area contributed by atoms with Gasteiger partial charge in [0.1, 0.15) is 5.82 Å². The average molecular weight is 209 g/mol. The van der Waals surface area contributed by atoms with Crippen LogP contribution in [-0.2, 0) is 6.54 Å². The lowest BCUT2D eigenvalue weighted by Crippen LogP contribution is -2.03. The minimum Gasteiger partial charge on any atom is -0.384 e. The molecule has 3 nitrogen and oxygen atoms in total. The topological polar surface area (TPSA) is 43.8 Å². The molecule has 0 aromatic carbocycles. The lowest BCUT2D eigenvalue weighted by atomic mass is 10.3. The Hall–Kier alpha value is -0.640.